The molecule has 0 aliphatic heterocycles. The largest absolute Gasteiger partial charge is 0.382 e. The zero-order valence-electron chi connectivity index (χ0n) is 17.0. The molecular weight excluding hydrogens is 392 g/mol. The maximum Gasteiger partial charge on any atom is 0.152 e. The highest BCUT2D eigenvalue weighted by molar-refractivity contribution is 7.18. The van der Waals surface area contributed by atoms with Gasteiger partial charge in [0.1, 0.15) is 11.3 Å². The van der Waals surface area contributed by atoms with E-state index in [1.807, 2.05) is 24.8 Å². The Morgan fingerprint density at radius 2 is 1.97 bits per heavy atom. The van der Waals surface area contributed by atoms with Gasteiger partial charge >= 0.3 is 0 Å². The Labute approximate surface area is 179 Å². The summed E-state index contributed by atoms with van der Waals surface area (Å²) in [5.74, 6) is 1.60. The number of thiophene rings is 1. The number of hydrogen-bond acceptors (Lipinski definition) is 5. The van der Waals surface area contributed by atoms with Gasteiger partial charge in [-0.05, 0) is 29.0 Å². The van der Waals surface area contributed by atoms with Crippen LogP contribution in [0.5, 0.6) is 0 Å². The molecule has 0 amide bonds. The van der Waals surface area contributed by atoms with Crippen molar-refractivity contribution >= 4 is 38.4 Å². The molecule has 0 atom stereocenters. The molecule has 0 saturated heterocycles. The van der Waals surface area contributed by atoms with Gasteiger partial charge in [0, 0.05) is 31.9 Å². The van der Waals surface area contributed by atoms with Crippen LogP contribution in [-0.4, -0.2) is 24.1 Å². The smallest absolute Gasteiger partial charge is 0.152 e. The molecule has 1 aromatic carbocycles. The zero-order chi connectivity index (χ0) is 20.5. The number of benzene rings is 1. The minimum absolute atomic E-state index is 0.515. The Hall–Kier alpha value is -3.19. The second kappa shape index (κ2) is 7.91. The molecule has 4 aromatic heterocycles. The lowest BCUT2D eigenvalue weighted by Gasteiger charge is -2.12. The molecule has 0 saturated carbocycles. The quantitative estimate of drug-likeness (QED) is 0.411. The maximum atomic E-state index is 6.29. The predicted octanol–water partition coefficient (Wildman–Crippen LogP) is 4.86. The third-order valence-electron chi connectivity index (χ3n) is 5.40. The Morgan fingerprint density at radius 3 is 2.77 bits per heavy atom. The molecule has 4 heterocycles. The lowest BCUT2D eigenvalue weighted by Crippen LogP contribution is -2.06. The first-order valence-electron chi connectivity index (χ1n) is 10.3. The summed E-state index contributed by atoms with van der Waals surface area (Å²) < 4.78 is 5.59. The number of anilines is 1. The Balaban J connectivity index is 1.59. The zero-order valence-corrected chi connectivity index (χ0v) is 17.8. The summed E-state index contributed by atoms with van der Waals surface area (Å²) in [7, 11) is 0. The van der Waals surface area contributed by atoms with Crippen LogP contribution in [0.15, 0.2) is 54.4 Å². The van der Waals surface area contributed by atoms with E-state index in [4.69, 9.17) is 10.7 Å². The van der Waals surface area contributed by atoms with E-state index in [2.05, 4.69) is 55.7 Å². The van der Waals surface area contributed by atoms with Crippen LogP contribution < -0.4 is 5.73 Å². The molecule has 30 heavy (non-hydrogen) atoms. The van der Waals surface area contributed by atoms with Crippen molar-refractivity contribution in [2.24, 2.45) is 0 Å². The number of nitrogens with two attached hydrogens (primary N) is 1. The van der Waals surface area contributed by atoms with Crippen LogP contribution in [0.3, 0.4) is 0 Å². The molecule has 152 valence electrons. The maximum absolute atomic E-state index is 6.29. The summed E-state index contributed by atoms with van der Waals surface area (Å²) in [5.41, 5.74) is 11.7. The normalized spacial score (nSPS) is 11.6. The number of nitrogens with zero attached hydrogens (tertiary/aromatic N) is 5. The molecule has 0 fully saturated rings. The average Bonchev–Trinajstić information content (AvgIpc) is 3.48. The topological polar surface area (TPSA) is 74.5 Å². The van der Waals surface area contributed by atoms with Gasteiger partial charge in [0.15, 0.2) is 5.82 Å². The van der Waals surface area contributed by atoms with Gasteiger partial charge in [0.25, 0.3) is 0 Å². The van der Waals surface area contributed by atoms with E-state index in [9.17, 15) is 0 Å². The van der Waals surface area contributed by atoms with Gasteiger partial charge in [0.05, 0.1) is 22.1 Å². The van der Waals surface area contributed by atoms with Gasteiger partial charge in [-0.1, -0.05) is 37.6 Å². The lowest BCUT2D eigenvalue weighted by molar-refractivity contribution is 0.690. The van der Waals surface area contributed by atoms with Gasteiger partial charge in [0.2, 0.25) is 0 Å². The number of hydrogen-bond donors (Lipinski definition) is 1. The van der Waals surface area contributed by atoms with E-state index in [-0.39, 0.29) is 0 Å². The minimum Gasteiger partial charge on any atom is -0.382 e. The van der Waals surface area contributed by atoms with Crippen molar-refractivity contribution in [1.29, 1.82) is 0 Å². The standard InChI is InChI=1S/C23H24N6S/c1-2-3-7-19-27-20-21(22-18(8-11-30-22)26-23(20)24)29(19)14-17-6-4-5-16(12-17)13-28-10-9-25-15-28/h4-6,8-12,15H,2-3,7,13-14H2,1H3,(H2,24,26). The number of pyridine rings is 1. The SMILES string of the molecule is CCCCc1nc2c(N)nc3ccsc3c2n1Cc1cccc(Cn2ccnc2)c1. The molecule has 0 aliphatic rings. The summed E-state index contributed by atoms with van der Waals surface area (Å²) in [6.07, 6.45) is 8.82. The van der Waals surface area contributed by atoms with Crippen LogP contribution in [0, 0.1) is 0 Å². The van der Waals surface area contributed by atoms with Crippen LogP contribution in [0.25, 0.3) is 21.3 Å². The Bertz CT molecular complexity index is 1300. The van der Waals surface area contributed by atoms with E-state index < -0.39 is 0 Å². The van der Waals surface area contributed by atoms with Crippen molar-refractivity contribution in [3.05, 3.63) is 71.4 Å². The number of fused-ring (bicyclic) bond motifs is 3. The van der Waals surface area contributed by atoms with Gasteiger partial charge < -0.3 is 14.9 Å². The van der Waals surface area contributed by atoms with Crippen LogP contribution in [0.4, 0.5) is 5.82 Å². The summed E-state index contributed by atoms with van der Waals surface area (Å²) >= 11 is 1.70. The molecule has 0 unspecified atom stereocenters. The van der Waals surface area contributed by atoms with Crippen molar-refractivity contribution in [1.82, 2.24) is 24.1 Å². The van der Waals surface area contributed by atoms with E-state index in [0.717, 1.165) is 59.4 Å². The monoisotopic (exact) mass is 416 g/mol. The highest BCUT2D eigenvalue weighted by Gasteiger charge is 2.18. The van der Waals surface area contributed by atoms with Gasteiger partial charge in [-0.15, -0.1) is 11.3 Å². The molecule has 0 bridgehead atoms. The summed E-state index contributed by atoms with van der Waals surface area (Å²) in [6, 6.07) is 10.8. The van der Waals surface area contributed by atoms with Crippen molar-refractivity contribution in [2.75, 3.05) is 5.73 Å². The van der Waals surface area contributed by atoms with Crippen molar-refractivity contribution < 1.29 is 0 Å². The van der Waals surface area contributed by atoms with Crippen molar-refractivity contribution in [3.8, 4) is 0 Å². The Morgan fingerprint density at radius 1 is 1.10 bits per heavy atom. The Kier molecular flexibility index (Phi) is 4.96. The van der Waals surface area contributed by atoms with Crippen LogP contribution >= 0.6 is 11.3 Å². The van der Waals surface area contributed by atoms with E-state index in [0.29, 0.717) is 5.82 Å². The molecule has 7 heteroatoms. The number of nitrogen functional groups attached to an aromatic ring is 1. The molecule has 0 aliphatic carbocycles. The average molecular weight is 417 g/mol. The molecule has 2 N–H and O–H groups in total. The van der Waals surface area contributed by atoms with E-state index in [1.165, 1.54) is 11.1 Å². The second-order valence-electron chi connectivity index (χ2n) is 7.60. The third kappa shape index (κ3) is 3.45. The summed E-state index contributed by atoms with van der Waals surface area (Å²) in [6.45, 7) is 3.79. The van der Waals surface area contributed by atoms with Crippen LogP contribution in [0.1, 0.15) is 36.7 Å². The third-order valence-corrected chi connectivity index (χ3v) is 6.31. The van der Waals surface area contributed by atoms with E-state index in [1.54, 1.807) is 11.3 Å². The highest BCUT2D eigenvalue weighted by atomic mass is 32.1. The molecular formula is C23H24N6S. The first-order valence-corrected chi connectivity index (χ1v) is 11.2. The first kappa shape index (κ1) is 18.8. The molecule has 0 spiro atoms. The van der Waals surface area contributed by atoms with Crippen molar-refractivity contribution in [2.45, 2.75) is 39.3 Å². The molecule has 0 radical (unpaired) electrons. The molecule has 5 aromatic rings. The number of aryl methyl sites for hydroxylation is 1. The number of imidazole rings is 2. The van der Waals surface area contributed by atoms with Gasteiger partial charge in [-0.25, -0.2) is 15.0 Å². The number of unbranched alkanes of at least 4 members (excludes halogenated alkanes) is 1. The number of aromatic nitrogens is 5. The summed E-state index contributed by atoms with van der Waals surface area (Å²) in [5, 5.41) is 2.07. The van der Waals surface area contributed by atoms with Crippen LogP contribution in [0.2, 0.25) is 0 Å². The molecule has 5 rings (SSSR count). The lowest BCUT2D eigenvalue weighted by atomic mass is 10.1. The van der Waals surface area contributed by atoms with Crippen LogP contribution in [-0.2, 0) is 19.5 Å². The second-order valence-corrected chi connectivity index (χ2v) is 8.52. The fourth-order valence-electron chi connectivity index (χ4n) is 3.95. The van der Waals surface area contributed by atoms with Gasteiger partial charge in [-0.3, -0.25) is 0 Å². The first-order chi connectivity index (χ1) is 14.7. The van der Waals surface area contributed by atoms with E-state index >= 15 is 0 Å². The fourth-order valence-corrected chi connectivity index (χ4v) is 4.84. The highest BCUT2D eigenvalue weighted by Crippen LogP contribution is 2.33. The predicted molar refractivity (Wildman–Crippen MR) is 123 cm³/mol. The number of rotatable bonds is 7. The minimum atomic E-state index is 0.515. The molecule has 6 nitrogen and oxygen atoms in total. The van der Waals surface area contributed by atoms with Crippen molar-refractivity contribution in [3.63, 3.8) is 0 Å². The van der Waals surface area contributed by atoms with Gasteiger partial charge in [-0.2, -0.15) is 0 Å². The fraction of sp³-hybridized carbons (Fsp3) is 0.261. The summed E-state index contributed by atoms with van der Waals surface area (Å²) in [4.78, 5) is 13.6.